The van der Waals surface area contributed by atoms with Crippen molar-refractivity contribution >= 4 is 0 Å². The van der Waals surface area contributed by atoms with E-state index in [1.165, 1.54) is 6.39 Å². The smallest absolute Gasteiger partial charge is 0.181 e. The Hall–Kier alpha value is -0.870. The maximum absolute atomic E-state index is 8.90. The van der Waals surface area contributed by atoms with Gasteiger partial charge in [-0.05, 0) is 6.42 Å². The minimum Gasteiger partial charge on any atom is -0.448 e. The predicted molar refractivity (Wildman–Crippen MR) is 40.6 cm³/mol. The molecule has 1 saturated heterocycles. The first-order valence-corrected chi connectivity index (χ1v) is 4.02. The average molecular weight is 169 g/mol. The zero-order valence-corrected chi connectivity index (χ0v) is 6.69. The van der Waals surface area contributed by atoms with Gasteiger partial charge in [-0.25, -0.2) is 4.98 Å². The van der Waals surface area contributed by atoms with Gasteiger partial charge in [0.15, 0.2) is 6.39 Å². The molecule has 0 bridgehead atoms. The molecule has 1 aliphatic heterocycles. The predicted octanol–water partition coefficient (Wildman–Crippen LogP) is 0.671. The normalized spacial score (nSPS) is 23.2. The number of hydrogen-bond acceptors (Lipinski definition) is 4. The zero-order valence-electron chi connectivity index (χ0n) is 6.69. The van der Waals surface area contributed by atoms with E-state index in [4.69, 9.17) is 14.3 Å². The fraction of sp³-hybridized carbons (Fsp3) is 0.625. The van der Waals surface area contributed by atoms with Crippen LogP contribution in [0, 0.1) is 0 Å². The van der Waals surface area contributed by atoms with Crippen LogP contribution in [0.15, 0.2) is 10.8 Å². The van der Waals surface area contributed by atoms with Crippen LogP contribution < -0.4 is 0 Å². The van der Waals surface area contributed by atoms with E-state index in [2.05, 4.69) is 4.98 Å². The first kappa shape index (κ1) is 7.76. The molecule has 1 aromatic rings. The van der Waals surface area contributed by atoms with Crippen LogP contribution >= 0.6 is 0 Å². The summed E-state index contributed by atoms with van der Waals surface area (Å²) in [6.45, 7) is 1.40. The maximum atomic E-state index is 8.90. The molecule has 0 aromatic carbocycles. The van der Waals surface area contributed by atoms with Crippen molar-refractivity contribution < 1.29 is 14.3 Å². The second-order valence-electron chi connectivity index (χ2n) is 2.88. The molecule has 1 N–H and O–H groups in total. The van der Waals surface area contributed by atoms with E-state index in [-0.39, 0.29) is 12.5 Å². The van der Waals surface area contributed by atoms with Crippen molar-refractivity contribution in [3.05, 3.63) is 17.8 Å². The molecule has 4 nitrogen and oxygen atoms in total. The summed E-state index contributed by atoms with van der Waals surface area (Å²) in [6.07, 6.45) is 2.33. The van der Waals surface area contributed by atoms with E-state index in [0.717, 1.165) is 18.8 Å². The third kappa shape index (κ3) is 1.23. The first-order chi connectivity index (χ1) is 5.92. The monoisotopic (exact) mass is 169 g/mol. The van der Waals surface area contributed by atoms with E-state index in [0.29, 0.717) is 12.3 Å². The average Bonchev–Trinajstić information content (AvgIpc) is 2.74. The number of hydrogen-bond donors (Lipinski definition) is 1. The summed E-state index contributed by atoms with van der Waals surface area (Å²) < 4.78 is 10.4. The molecular weight excluding hydrogens is 158 g/mol. The highest BCUT2D eigenvalue weighted by Gasteiger charge is 2.23. The number of aromatic nitrogens is 1. The fourth-order valence-corrected chi connectivity index (χ4v) is 1.47. The van der Waals surface area contributed by atoms with Gasteiger partial charge in [0.1, 0.15) is 11.5 Å². The van der Waals surface area contributed by atoms with Gasteiger partial charge in [0.05, 0.1) is 13.2 Å². The molecule has 1 atom stereocenters. The van der Waals surface area contributed by atoms with Crippen molar-refractivity contribution in [3.8, 4) is 0 Å². The van der Waals surface area contributed by atoms with Gasteiger partial charge in [0.2, 0.25) is 0 Å². The largest absolute Gasteiger partial charge is 0.448 e. The van der Waals surface area contributed by atoms with E-state index < -0.39 is 0 Å². The highest BCUT2D eigenvalue weighted by atomic mass is 16.5. The Morgan fingerprint density at radius 2 is 2.58 bits per heavy atom. The summed E-state index contributed by atoms with van der Waals surface area (Å²) in [5.74, 6) is 1.07. The molecule has 66 valence electrons. The second-order valence-corrected chi connectivity index (χ2v) is 2.88. The lowest BCUT2D eigenvalue weighted by atomic mass is 10.0. The molecule has 1 aliphatic rings. The lowest BCUT2D eigenvalue weighted by Gasteiger charge is -2.03. The van der Waals surface area contributed by atoms with E-state index in [1.807, 2.05) is 0 Å². The number of oxazole rings is 1. The van der Waals surface area contributed by atoms with Crippen molar-refractivity contribution in [2.45, 2.75) is 18.9 Å². The third-order valence-corrected chi connectivity index (χ3v) is 2.12. The van der Waals surface area contributed by atoms with Gasteiger partial charge in [-0.2, -0.15) is 0 Å². The Balaban J connectivity index is 2.19. The molecule has 1 fully saturated rings. The van der Waals surface area contributed by atoms with Crippen molar-refractivity contribution in [1.82, 2.24) is 4.98 Å². The summed E-state index contributed by atoms with van der Waals surface area (Å²) in [7, 11) is 0. The summed E-state index contributed by atoms with van der Waals surface area (Å²) in [5.41, 5.74) is 0.644. The van der Waals surface area contributed by atoms with Gasteiger partial charge < -0.3 is 14.3 Å². The van der Waals surface area contributed by atoms with Crippen LogP contribution in [0.5, 0.6) is 0 Å². The van der Waals surface area contributed by atoms with Crippen LogP contribution in [0.2, 0.25) is 0 Å². The summed E-state index contributed by atoms with van der Waals surface area (Å²) in [6, 6.07) is 0. The number of aliphatic hydroxyl groups excluding tert-OH is 1. The minimum absolute atomic E-state index is 0.0532. The summed E-state index contributed by atoms with van der Waals surface area (Å²) >= 11 is 0. The topological polar surface area (TPSA) is 55.5 Å². The number of ether oxygens (including phenoxy) is 1. The zero-order chi connectivity index (χ0) is 8.39. The summed E-state index contributed by atoms with van der Waals surface area (Å²) in [4.78, 5) is 3.91. The second kappa shape index (κ2) is 3.25. The first-order valence-electron chi connectivity index (χ1n) is 4.02. The van der Waals surface area contributed by atoms with Gasteiger partial charge in [-0.1, -0.05) is 0 Å². The van der Waals surface area contributed by atoms with E-state index >= 15 is 0 Å². The Labute approximate surface area is 70.2 Å². The number of nitrogens with zero attached hydrogens (tertiary/aromatic N) is 1. The molecular formula is C8H11NO3. The van der Waals surface area contributed by atoms with Gasteiger partial charge in [-0.15, -0.1) is 0 Å². The van der Waals surface area contributed by atoms with Gasteiger partial charge in [0.25, 0.3) is 0 Å². The molecule has 0 spiro atoms. The molecule has 1 aromatic heterocycles. The molecule has 0 aliphatic carbocycles. The lowest BCUT2D eigenvalue weighted by molar-refractivity contribution is 0.190. The molecule has 1 unspecified atom stereocenters. The van der Waals surface area contributed by atoms with Crippen LogP contribution in [0.25, 0.3) is 0 Å². The molecule has 0 amide bonds. The minimum atomic E-state index is -0.0532. The lowest BCUT2D eigenvalue weighted by Crippen LogP contribution is -2.00. The standard InChI is InChI=1S/C8H11NO3/c10-3-7-8(12-5-9-7)6-1-2-11-4-6/h5-6,10H,1-4H2. The Morgan fingerprint density at radius 1 is 1.67 bits per heavy atom. The van der Waals surface area contributed by atoms with Crippen LogP contribution in [-0.2, 0) is 11.3 Å². The molecule has 2 heterocycles. The number of rotatable bonds is 2. The van der Waals surface area contributed by atoms with Crippen molar-refractivity contribution in [1.29, 1.82) is 0 Å². The van der Waals surface area contributed by atoms with Gasteiger partial charge >= 0.3 is 0 Å². The molecule has 12 heavy (non-hydrogen) atoms. The Kier molecular flexibility index (Phi) is 2.10. The van der Waals surface area contributed by atoms with Crippen molar-refractivity contribution in [2.24, 2.45) is 0 Å². The summed E-state index contributed by atoms with van der Waals surface area (Å²) in [5, 5.41) is 8.90. The quantitative estimate of drug-likeness (QED) is 0.707. The maximum Gasteiger partial charge on any atom is 0.181 e. The highest BCUT2D eigenvalue weighted by molar-refractivity contribution is 5.12. The Morgan fingerprint density at radius 3 is 3.25 bits per heavy atom. The molecule has 4 heteroatoms. The van der Waals surface area contributed by atoms with Crippen molar-refractivity contribution in [3.63, 3.8) is 0 Å². The number of aliphatic hydroxyl groups is 1. The Bertz CT molecular complexity index is 253. The van der Waals surface area contributed by atoms with E-state index in [1.54, 1.807) is 0 Å². The van der Waals surface area contributed by atoms with Crippen LogP contribution in [0.4, 0.5) is 0 Å². The third-order valence-electron chi connectivity index (χ3n) is 2.12. The van der Waals surface area contributed by atoms with Gasteiger partial charge in [0, 0.05) is 12.5 Å². The van der Waals surface area contributed by atoms with Crippen LogP contribution in [0.1, 0.15) is 23.8 Å². The fourth-order valence-electron chi connectivity index (χ4n) is 1.47. The molecule has 2 rings (SSSR count). The van der Waals surface area contributed by atoms with Crippen LogP contribution in [-0.4, -0.2) is 23.3 Å². The van der Waals surface area contributed by atoms with Crippen molar-refractivity contribution in [2.75, 3.05) is 13.2 Å². The highest BCUT2D eigenvalue weighted by Crippen LogP contribution is 2.27. The molecule has 0 radical (unpaired) electrons. The van der Waals surface area contributed by atoms with Gasteiger partial charge in [-0.3, -0.25) is 0 Å². The van der Waals surface area contributed by atoms with E-state index in [9.17, 15) is 0 Å². The molecule has 0 saturated carbocycles. The van der Waals surface area contributed by atoms with Crippen LogP contribution in [0.3, 0.4) is 0 Å². The SMILES string of the molecule is OCc1ncoc1C1CCOC1.